The van der Waals surface area contributed by atoms with E-state index in [-0.39, 0.29) is 6.04 Å². The van der Waals surface area contributed by atoms with Crippen molar-refractivity contribution in [3.8, 4) is 11.5 Å². The summed E-state index contributed by atoms with van der Waals surface area (Å²) in [6.45, 7) is 0. The Labute approximate surface area is 137 Å². The number of hydrogen-bond donors (Lipinski definition) is 2. The Balaban J connectivity index is 2.46. The van der Waals surface area contributed by atoms with Gasteiger partial charge in [-0.25, -0.2) is 5.43 Å². The Morgan fingerprint density at radius 1 is 1.10 bits per heavy atom. The first-order chi connectivity index (χ1) is 10.1. The predicted octanol–water partition coefficient (Wildman–Crippen LogP) is 3.67. The van der Waals surface area contributed by atoms with Crippen molar-refractivity contribution in [2.75, 3.05) is 14.2 Å². The molecule has 2 aromatic rings. The molecule has 4 nitrogen and oxygen atoms in total. The van der Waals surface area contributed by atoms with E-state index in [0.717, 1.165) is 15.6 Å². The number of rotatable bonds is 5. The van der Waals surface area contributed by atoms with Crippen molar-refractivity contribution >= 4 is 27.5 Å². The van der Waals surface area contributed by atoms with E-state index < -0.39 is 0 Å². The molecule has 21 heavy (non-hydrogen) atoms. The minimum Gasteiger partial charge on any atom is -0.493 e. The van der Waals surface area contributed by atoms with E-state index in [0.29, 0.717) is 16.5 Å². The molecule has 0 aliphatic heterocycles. The van der Waals surface area contributed by atoms with Gasteiger partial charge >= 0.3 is 0 Å². The standard InChI is InChI=1S/C15H16BrClN2O2/c1-20-13-6-3-9(7-14(13)21-2)15(19-18)11-5-4-10(16)8-12(11)17/h3-8,15,19H,18H2,1-2H3. The first kappa shape index (κ1) is 16.1. The third-order valence-electron chi connectivity index (χ3n) is 3.18. The summed E-state index contributed by atoms with van der Waals surface area (Å²) in [5.74, 6) is 7.02. The van der Waals surface area contributed by atoms with Crippen LogP contribution in [0.2, 0.25) is 5.02 Å². The molecule has 3 N–H and O–H groups in total. The summed E-state index contributed by atoms with van der Waals surface area (Å²) in [5.41, 5.74) is 4.60. The van der Waals surface area contributed by atoms with E-state index in [1.165, 1.54) is 0 Å². The van der Waals surface area contributed by atoms with Crippen molar-refractivity contribution in [2.24, 2.45) is 5.84 Å². The molecule has 0 saturated carbocycles. The summed E-state index contributed by atoms with van der Waals surface area (Å²) in [6, 6.07) is 11.1. The van der Waals surface area contributed by atoms with Crippen LogP contribution in [0.3, 0.4) is 0 Å². The maximum Gasteiger partial charge on any atom is 0.161 e. The highest BCUT2D eigenvalue weighted by atomic mass is 79.9. The molecule has 1 unspecified atom stereocenters. The van der Waals surface area contributed by atoms with Gasteiger partial charge in [0.25, 0.3) is 0 Å². The average Bonchev–Trinajstić information content (AvgIpc) is 2.49. The van der Waals surface area contributed by atoms with E-state index in [4.69, 9.17) is 26.9 Å². The molecule has 0 fully saturated rings. The third-order valence-corrected chi connectivity index (χ3v) is 4.00. The Kier molecular flexibility index (Phi) is 5.47. The number of benzene rings is 2. The number of halogens is 2. The Morgan fingerprint density at radius 3 is 2.38 bits per heavy atom. The Morgan fingerprint density at radius 2 is 1.81 bits per heavy atom. The zero-order valence-electron chi connectivity index (χ0n) is 11.7. The minimum absolute atomic E-state index is 0.245. The number of nitrogens with one attached hydrogen (secondary N) is 1. The number of hydrazine groups is 1. The topological polar surface area (TPSA) is 56.5 Å². The fourth-order valence-corrected chi connectivity index (χ4v) is 2.92. The van der Waals surface area contributed by atoms with Gasteiger partial charge in [0.05, 0.1) is 20.3 Å². The van der Waals surface area contributed by atoms with Crippen LogP contribution in [-0.2, 0) is 0 Å². The van der Waals surface area contributed by atoms with E-state index in [1.807, 2.05) is 36.4 Å². The quantitative estimate of drug-likeness (QED) is 0.622. The zero-order chi connectivity index (χ0) is 15.4. The van der Waals surface area contributed by atoms with Crippen LogP contribution in [0.1, 0.15) is 17.2 Å². The van der Waals surface area contributed by atoms with E-state index in [1.54, 1.807) is 14.2 Å². The molecule has 112 valence electrons. The zero-order valence-corrected chi connectivity index (χ0v) is 14.0. The number of hydrogen-bond acceptors (Lipinski definition) is 4. The first-order valence-corrected chi connectivity index (χ1v) is 7.40. The SMILES string of the molecule is COc1ccc(C(NN)c2ccc(Br)cc2Cl)cc1OC. The molecule has 2 rings (SSSR count). The van der Waals surface area contributed by atoms with Crippen LogP contribution in [0.15, 0.2) is 40.9 Å². The Hall–Kier alpha value is -1.27. The lowest BCUT2D eigenvalue weighted by atomic mass is 9.99. The Bertz CT molecular complexity index is 637. The van der Waals surface area contributed by atoms with Gasteiger partial charge in [0, 0.05) is 9.50 Å². The second-order valence-corrected chi connectivity index (χ2v) is 5.70. The summed E-state index contributed by atoms with van der Waals surface area (Å²) >= 11 is 9.70. The smallest absolute Gasteiger partial charge is 0.161 e. The van der Waals surface area contributed by atoms with Crippen molar-refractivity contribution in [1.29, 1.82) is 0 Å². The van der Waals surface area contributed by atoms with Crippen molar-refractivity contribution in [3.05, 3.63) is 57.0 Å². The lowest BCUT2D eigenvalue weighted by Crippen LogP contribution is -2.29. The number of nitrogens with two attached hydrogens (primary N) is 1. The second kappa shape index (κ2) is 7.13. The molecule has 6 heteroatoms. The summed E-state index contributed by atoms with van der Waals surface area (Å²) in [7, 11) is 3.20. The molecular weight excluding hydrogens is 356 g/mol. The van der Waals surface area contributed by atoms with Gasteiger partial charge in [0.2, 0.25) is 0 Å². The lowest BCUT2D eigenvalue weighted by molar-refractivity contribution is 0.354. The van der Waals surface area contributed by atoms with Gasteiger partial charge in [-0.3, -0.25) is 5.84 Å². The normalized spacial score (nSPS) is 12.0. The molecular formula is C15H16BrClN2O2. The predicted molar refractivity (Wildman–Crippen MR) is 87.9 cm³/mol. The highest BCUT2D eigenvalue weighted by molar-refractivity contribution is 9.10. The van der Waals surface area contributed by atoms with Crippen LogP contribution >= 0.6 is 27.5 Å². The van der Waals surface area contributed by atoms with Gasteiger partial charge in [-0.2, -0.15) is 0 Å². The molecule has 0 saturated heterocycles. The monoisotopic (exact) mass is 370 g/mol. The molecule has 0 heterocycles. The molecule has 0 bridgehead atoms. The summed E-state index contributed by atoms with van der Waals surface area (Å²) in [5, 5.41) is 0.627. The van der Waals surface area contributed by atoms with Crippen LogP contribution in [0, 0.1) is 0 Å². The second-order valence-electron chi connectivity index (χ2n) is 4.38. The van der Waals surface area contributed by atoms with Gasteiger partial charge in [-0.05, 0) is 35.4 Å². The molecule has 0 amide bonds. The van der Waals surface area contributed by atoms with E-state index >= 15 is 0 Å². The number of methoxy groups -OCH3 is 2. The van der Waals surface area contributed by atoms with E-state index in [9.17, 15) is 0 Å². The van der Waals surface area contributed by atoms with Crippen molar-refractivity contribution in [3.63, 3.8) is 0 Å². The fraction of sp³-hybridized carbons (Fsp3) is 0.200. The van der Waals surface area contributed by atoms with Crippen LogP contribution < -0.4 is 20.7 Å². The molecule has 0 aliphatic carbocycles. The lowest BCUT2D eigenvalue weighted by Gasteiger charge is -2.20. The van der Waals surface area contributed by atoms with Crippen molar-refractivity contribution in [2.45, 2.75) is 6.04 Å². The van der Waals surface area contributed by atoms with Gasteiger partial charge in [0.1, 0.15) is 0 Å². The maximum atomic E-state index is 6.30. The van der Waals surface area contributed by atoms with E-state index in [2.05, 4.69) is 21.4 Å². The van der Waals surface area contributed by atoms with Crippen LogP contribution in [0.25, 0.3) is 0 Å². The maximum absolute atomic E-state index is 6.30. The van der Waals surface area contributed by atoms with Crippen molar-refractivity contribution < 1.29 is 9.47 Å². The highest BCUT2D eigenvalue weighted by Crippen LogP contribution is 2.34. The summed E-state index contributed by atoms with van der Waals surface area (Å²) < 4.78 is 11.5. The molecule has 1 atom stereocenters. The van der Waals surface area contributed by atoms with Gasteiger partial charge in [0.15, 0.2) is 11.5 Å². The molecule has 0 aliphatic rings. The molecule has 0 spiro atoms. The van der Waals surface area contributed by atoms with Crippen molar-refractivity contribution in [1.82, 2.24) is 5.43 Å². The fourth-order valence-electron chi connectivity index (χ4n) is 2.13. The third kappa shape index (κ3) is 3.49. The van der Waals surface area contributed by atoms with Gasteiger partial charge in [-0.15, -0.1) is 0 Å². The van der Waals surface area contributed by atoms with Crippen LogP contribution in [0.5, 0.6) is 11.5 Å². The van der Waals surface area contributed by atoms with Crippen LogP contribution in [-0.4, -0.2) is 14.2 Å². The van der Waals surface area contributed by atoms with Gasteiger partial charge in [-0.1, -0.05) is 39.7 Å². The molecule has 2 aromatic carbocycles. The molecule has 0 radical (unpaired) electrons. The summed E-state index contributed by atoms with van der Waals surface area (Å²) in [6.07, 6.45) is 0. The molecule has 0 aromatic heterocycles. The largest absolute Gasteiger partial charge is 0.493 e. The minimum atomic E-state index is -0.245. The summed E-state index contributed by atoms with van der Waals surface area (Å²) in [4.78, 5) is 0. The van der Waals surface area contributed by atoms with Gasteiger partial charge < -0.3 is 9.47 Å². The first-order valence-electron chi connectivity index (χ1n) is 6.23. The van der Waals surface area contributed by atoms with Crippen LogP contribution in [0.4, 0.5) is 0 Å². The average molecular weight is 372 g/mol. The highest BCUT2D eigenvalue weighted by Gasteiger charge is 2.17. The number of ether oxygens (including phenoxy) is 2.